The van der Waals surface area contributed by atoms with Gasteiger partial charge in [-0.3, -0.25) is 4.79 Å². The molecule has 1 aliphatic heterocycles. The molecule has 112 valence electrons. The van der Waals surface area contributed by atoms with Crippen molar-refractivity contribution in [3.05, 3.63) is 54.5 Å². The molecular formula is C15H12FN3O2S. The number of halogens is 1. The molecule has 1 atom stereocenters. The molecule has 0 spiro atoms. The van der Waals surface area contributed by atoms with Crippen molar-refractivity contribution in [1.82, 2.24) is 10.3 Å². The summed E-state index contributed by atoms with van der Waals surface area (Å²) in [7, 11) is 0. The van der Waals surface area contributed by atoms with E-state index in [1.807, 2.05) is 6.07 Å². The van der Waals surface area contributed by atoms with Gasteiger partial charge in [0.25, 0.3) is 0 Å². The molecule has 7 heteroatoms. The van der Waals surface area contributed by atoms with Crippen LogP contribution in [0.3, 0.4) is 0 Å². The number of nitrogens with one attached hydrogen (secondary N) is 1. The maximum atomic E-state index is 12.8. The molecule has 3 rings (SSSR count). The first-order valence-corrected chi connectivity index (χ1v) is 7.44. The van der Waals surface area contributed by atoms with Crippen molar-refractivity contribution in [3.63, 3.8) is 0 Å². The number of hydrogen-bond acceptors (Lipinski definition) is 5. The maximum Gasteiger partial charge on any atom is 0.243 e. The first-order valence-electron chi connectivity index (χ1n) is 6.56. The van der Waals surface area contributed by atoms with Crippen molar-refractivity contribution in [3.8, 4) is 5.75 Å². The normalized spacial score (nSPS) is 19.2. The average molecular weight is 317 g/mol. The van der Waals surface area contributed by atoms with Gasteiger partial charge in [0.2, 0.25) is 5.91 Å². The van der Waals surface area contributed by atoms with Crippen LogP contribution in [-0.2, 0) is 4.79 Å². The lowest BCUT2D eigenvalue weighted by molar-refractivity contribution is -0.119. The Hall–Kier alpha value is -2.41. The molecule has 1 unspecified atom stereocenters. The molecule has 1 aromatic heterocycles. The van der Waals surface area contributed by atoms with E-state index in [1.54, 1.807) is 18.3 Å². The molecule has 1 N–H and O–H groups in total. The minimum atomic E-state index is -0.396. The van der Waals surface area contributed by atoms with Crippen molar-refractivity contribution in [1.29, 1.82) is 0 Å². The minimum Gasteiger partial charge on any atom is -0.492 e. The zero-order chi connectivity index (χ0) is 15.4. The highest BCUT2D eigenvalue weighted by atomic mass is 32.2. The second-order valence-corrected chi connectivity index (χ2v) is 5.66. The Morgan fingerprint density at radius 1 is 1.27 bits per heavy atom. The largest absolute Gasteiger partial charge is 0.492 e. The van der Waals surface area contributed by atoms with E-state index in [2.05, 4.69) is 15.3 Å². The van der Waals surface area contributed by atoms with Crippen LogP contribution in [0.1, 0.15) is 0 Å². The predicted octanol–water partition coefficient (Wildman–Crippen LogP) is 2.52. The minimum absolute atomic E-state index is 0.165. The molecule has 2 heterocycles. The van der Waals surface area contributed by atoms with Gasteiger partial charge in [0.15, 0.2) is 11.0 Å². The van der Waals surface area contributed by atoms with Crippen LogP contribution in [0.25, 0.3) is 0 Å². The fraction of sp³-hybridized carbons (Fsp3) is 0.133. The van der Waals surface area contributed by atoms with Crippen LogP contribution in [0.4, 0.5) is 10.2 Å². The number of amidine groups is 1. The Labute approximate surface area is 130 Å². The van der Waals surface area contributed by atoms with Gasteiger partial charge in [0, 0.05) is 6.20 Å². The van der Waals surface area contributed by atoms with Gasteiger partial charge in [-0.15, -0.1) is 0 Å². The Kier molecular flexibility index (Phi) is 4.34. The number of aromatic nitrogens is 1. The summed E-state index contributed by atoms with van der Waals surface area (Å²) in [4.78, 5) is 20.2. The molecule has 0 radical (unpaired) electrons. The summed E-state index contributed by atoms with van der Waals surface area (Å²) in [6, 6.07) is 11.0. The number of hydrogen-bond donors (Lipinski definition) is 1. The average Bonchev–Trinajstić information content (AvgIpc) is 2.87. The Bertz CT molecular complexity index is 692. The lowest BCUT2D eigenvalue weighted by Gasteiger charge is -2.08. The number of pyridine rings is 1. The van der Waals surface area contributed by atoms with Crippen LogP contribution in [0.15, 0.2) is 53.7 Å². The molecular weight excluding hydrogens is 305 g/mol. The lowest BCUT2D eigenvalue weighted by atomic mass is 10.3. The van der Waals surface area contributed by atoms with E-state index in [0.717, 1.165) is 0 Å². The fourth-order valence-electron chi connectivity index (χ4n) is 1.79. The van der Waals surface area contributed by atoms with E-state index in [-0.39, 0.29) is 18.3 Å². The van der Waals surface area contributed by atoms with E-state index in [4.69, 9.17) is 4.74 Å². The molecule has 1 aromatic carbocycles. The van der Waals surface area contributed by atoms with Crippen LogP contribution < -0.4 is 10.1 Å². The van der Waals surface area contributed by atoms with Crippen LogP contribution in [0.5, 0.6) is 5.75 Å². The number of aliphatic imine (C=N–C) groups is 1. The summed E-state index contributed by atoms with van der Waals surface area (Å²) in [6.45, 7) is 0.184. The highest BCUT2D eigenvalue weighted by Gasteiger charge is 2.31. The molecule has 0 aliphatic carbocycles. The highest BCUT2D eigenvalue weighted by molar-refractivity contribution is 8.15. The molecule has 1 saturated heterocycles. The quantitative estimate of drug-likeness (QED) is 0.941. The van der Waals surface area contributed by atoms with Gasteiger partial charge in [0.05, 0.1) is 0 Å². The van der Waals surface area contributed by atoms with Crippen LogP contribution >= 0.6 is 11.8 Å². The van der Waals surface area contributed by atoms with Crippen LogP contribution in [0.2, 0.25) is 0 Å². The number of nitrogens with zero attached hydrogens (tertiary/aromatic N) is 2. The van der Waals surface area contributed by atoms with Crippen LogP contribution in [-0.4, -0.2) is 27.9 Å². The first kappa shape index (κ1) is 14.5. The second-order valence-electron chi connectivity index (χ2n) is 4.47. The van der Waals surface area contributed by atoms with Gasteiger partial charge >= 0.3 is 0 Å². The monoisotopic (exact) mass is 317 g/mol. The maximum absolute atomic E-state index is 12.8. The Morgan fingerprint density at radius 2 is 2.09 bits per heavy atom. The van der Waals surface area contributed by atoms with E-state index in [1.165, 1.54) is 36.0 Å². The number of carbonyl (C=O) groups excluding carboxylic acids is 1. The highest BCUT2D eigenvalue weighted by Crippen LogP contribution is 2.23. The van der Waals surface area contributed by atoms with Crippen molar-refractivity contribution >= 4 is 28.7 Å². The third-order valence-corrected chi connectivity index (χ3v) is 3.91. The van der Waals surface area contributed by atoms with Crippen LogP contribution in [0, 0.1) is 5.82 Å². The number of rotatable bonds is 4. The Balaban J connectivity index is 1.60. The molecule has 0 saturated carbocycles. The van der Waals surface area contributed by atoms with E-state index < -0.39 is 5.25 Å². The van der Waals surface area contributed by atoms with Gasteiger partial charge < -0.3 is 10.1 Å². The third kappa shape index (κ3) is 3.62. The fourth-order valence-corrected chi connectivity index (χ4v) is 2.67. The predicted molar refractivity (Wildman–Crippen MR) is 82.7 cm³/mol. The van der Waals surface area contributed by atoms with Gasteiger partial charge in [-0.05, 0) is 36.4 Å². The number of ether oxygens (including phenoxy) is 1. The van der Waals surface area contributed by atoms with E-state index >= 15 is 0 Å². The molecule has 1 fully saturated rings. The Morgan fingerprint density at radius 3 is 2.82 bits per heavy atom. The van der Waals surface area contributed by atoms with Crippen molar-refractivity contribution in [2.45, 2.75) is 5.25 Å². The summed E-state index contributed by atoms with van der Waals surface area (Å²) < 4.78 is 18.3. The molecule has 5 nitrogen and oxygen atoms in total. The third-order valence-electron chi connectivity index (χ3n) is 2.86. The molecule has 1 amide bonds. The van der Waals surface area contributed by atoms with E-state index in [0.29, 0.717) is 16.7 Å². The van der Waals surface area contributed by atoms with Crippen molar-refractivity contribution < 1.29 is 13.9 Å². The molecule has 0 bridgehead atoms. The van der Waals surface area contributed by atoms with E-state index in [9.17, 15) is 9.18 Å². The van der Waals surface area contributed by atoms with Gasteiger partial charge in [-0.25, -0.2) is 14.4 Å². The second kappa shape index (κ2) is 6.57. The zero-order valence-electron chi connectivity index (χ0n) is 11.4. The summed E-state index contributed by atoms with van der Waals surface area (Å²) in [5, 5.41) is 2.79. The number of carbonyl (C=O) groups is 1. The summed E-state index contributed by atoms with van der Waals surface area (Å²) in [5.74, 6) is 0.558. The lowest BCUT2D eigenvalue weighted by Crippen LogP contribution is -2.28. The molecule has 22 heavy (non-hydrogen) atoms. The zero-order valence-corrected chi connectivity index (χ0v) is 12.2. The standard InChI is InChI=1S/C15H12FN3O2S/c16-10-4-6-11(7-5-10)21-9-12-14(20)19-15(22-12)18-13-3-1-2-8-17-13/h1-8,12H,9H2,(H,17,18,19,20). The topological polar surface area (TPSA) is 63.6 Å². The summed E-state index contributed by atoms with van der Waals surface area (Å²) in [5.41, 5.74) is 0. The summed E-state index contributed by atoms with van der Waals surface area (Å²) >= 11 is 1.29. The molecule has 1 aliphatic rings. The van der Waals surface area contributed by atoms with Gasteiger partial charge in [-0.1, -0.05) is 17.8 Å². The number of amides is 1. The summed E-state index contributed by atoms with van der Waals surface area (Å²) in [6.07, 6.45) is 1.63. The number of thioether (sulfide) groups is 1. The number of benzene rings is 1. The first-order chi connectivity index (χ1) is 10.7. The van der Waals surface area contributed by atoms with Gasteiger partial charge in [0.1, 0.15) is 23.4 Å². The van der Waals surface area contributed by atoms with Crippen molar-refractivity contribution in [2.75, 3.05) is 6.61 Å². The molecule has 2 aromatic rings. The van der Waals surface area contributed by atoms with Gasteiger partial charge in [-0.2, -0.15) is 0 Å². The SMILES string of the molecule is O=C1N/C(=N\c2ccccn2)SC1COc1ccc(F)cc1. The smallest absolute Gasteiger partial charge is 0.243 e. The van der Waals surface area contributed by atoms with Crippen molar-refractivity contribution in [2.24, 2.45) is 4.99 Å².